The van der Waals surface area contributed by atoms with Gasteiger partial charge in [-0.2, -0.15) is 0 Å². The van der Waals surface area contributed by atoms with Gasteiger partial charge < -0.3 is 10.1 Å². The molecule has 0 saturated carbocycles. The fourth-order valence-electron chi connectivity index (χ4n) is 1.86. The molecule has 1 unspecified atom stereocenters. The van der Waals surface area contributed by atoms with Gasteiger partial charge in [-0.05, 0) is 50.4 Å². The maximum absolute atomic E-state index is 13.0. The number of rotatable bonds is 9. The van der Waals surface area contributed by atoms with Crippen molar-refractivity contribution >= 4 is 0 Å². The van der Waals surface area contributed by atoms with Crippen LogP contribution >= 0.6 is 0 Å². The molecular weight excluding hydrogens is 229 g/mol. The van der Waals surface area contributed by atoms with Crippen LogP contribution in [0.2, 0.25) is 0 Å². The smallest absolute Gasteiger partial charge is 0.123 e. The molecule has 1 N–H and O–H groups in total. The molecule has 0 radical (unpaired) electrons. The predicted octanol–water partition coefficient (Wildman–Crippen LogP) is 3.16. The maximum atomic E-state index is 13.0. The molecule has 0 aliphatic rings. The SMILES string of the molecule is CCCOCCCNC(C)Cc1cccc(F)c1. The van der Waals surface area contributed by atoms with Crippen molar-refractivity contribution in [1.29, 1.82) is 0 Å². The third-order valence-electron chi connectivity index (χ3n) is 2.74. The summed E-state index contributed by atoms with van der Waals surface area (Å²) in [6.45, 7) is 6.84. The first kappa shape index (κ1) is 15.1. The van der Waals surface area contributed by atoms with Crippen molar-refractivity contribution in [3.8, 4) is 0 Å². The van der Waals surface area contributed by atoms with Crippen molar-refractivity contribution in [1.82, 2.24) is 5.32 Å². The van der Waals surface area contributed by atoms with Gasteiger partial charge in [0.15, 0.2) is 0 Å². The zero-order valence-corrected chi connectivity index (χ0v) is 11.4. The van der Waals surface area contributed by atoms with Crippen LogP contribution in [0, 0.1) is 5.82 Å². The van der Waals surface area contributed by atoms with E-state index in [1.165, 1.54) is 6.07 Å². The lowest BCUT2D eigenvalue weighted by Gasteiger charge is -2.14. The molecule has 0 fully saturated rings. The monoisotopic (exact) mass is 253 g/mol. The quantitative estimate of drug-likeness (QED) is 0.683. The van der Waals surface area contributed by atoms with Crippen molar-refractivity contribution < 1.29 is 9.13 Å². The van der Waals surface area contributed by atoms with Crippen LogP contribution in [0.3, 0.4) is 0 Å². The van der Waals surface area contributed by atoms with Gasteiger partial charge in [-0.1, -0.05) is 19.1 Å². The predicted molar refractivity (Wildman–Crippen MR) is 73.3 cm³/mol. The highest BCUT2D eigenvalue weighted by Gasteiger charge is 2.03. The van der Waals surface area contributed by atoms with Crippen LogP contribution in [-0.2, 0) is 11.2 Å². The minimum Gasteiger partial charge on any atom is -0.381 e. The Labute approximate surface area is 110 Å². The molecule has 3 heteroatoms. The lowest BCUT2D eigenvalue weighted by Crippen LogP contribution is -2.29. The Morgan fingerprint density at radius 2 is 2.17 bits per heavy atom. The van der Waals surface area contributed by atoms with E-state index in [0.29, 0.717) is 6.04 Å². The molecule has 0 heterocycles. The van der Waals surface area contributed by atoms with Crippen LogP contribution in [-0.4, -0.2) is 25.8 Å². The van der Waals surface area contributed by atoms with Gasteiger partial charge >= 0.3 is 0 Å². The van der Waals surface area contributed by atoms with E-state index in [1.54, 1.807) is 12.1 Å². The van der Waals surface area contributed by atoms with Gasteiger partial charge in [-0.3, -0.25) is 0 Å². The Morgan fingerprint density at radius 3 is 2.89 bits per heavy atom. The van der Waals surface area contributed by atoms with Crippen LogP contribution in [0.5, 0.6) is 0 Å². The molecule has 0 bridgehead atoms. The zero-order valence-electron chi connectivity index (χ0n) is 11.4. The molecule has 2 nitrogen and oxygen atoms in total. The summed E-state index contributed by atoms with van der Waals surface area (Å²) < 4.78 is 18.4. The second-order valence-corrected chi connectivity index (χ2v) is 4.66. The summed E-state index contributed by atoms with van der Waals surface area (Å²) in [5, 5.41) is 3.43. The van der Waals surface area contributed by atoms with Gasteiger partial charge in [-0.15, -0.1) is 0 Å². The largest absolute Gasteiger partial charge is 0.381 e. The van der Waals surface area contributed by atoms with Gasteiger partial charge in [0.05, 0.1) is 0 Å². The molecule has 0 aliphatic carbocycles. The summed E-state index contributed by atoms with van der Waals surface area (Å²) in [6, 6.07) is 7.16. The van der Waals surface area contributed by atoms with Crippen LogP contribution in [0.4, 0.5) is 4.39 Å². The Morgan fingerprint density at radius 1 is 1.33 bits per heavy atom. The van der Waals surface area contributed by atoms with Crippen molar-refractivity contribution in [2.45, 2.75) is 39.2 Å². The molecule has 1 aromatic carbocycles. The minimum absolute atomic E-state index is 0.160. The normalized spacial score (nSPS) is 12.6. The zero-order chi connectivity index (χ0) is 13.2. The molecular formula is C15H24FNO. The lowest BCUT2D eigenvalue weighted by atomic mass is 10.1. The average molecular weight is 253 g/mol. The number of hydrogen-bond acceptors (Lipinski definition) is 2. The van der Waals surface area contributed by atoms with E-state index in [4.69, 9.17) is 4.74 Å². The first-order valence-electron chi connectivity index (χ1n) is 6.78. The van der Waals surface area contributed by atoms with Crippen molar-refractivity contribution in [3.63, 3.8) is 0 Å². The molecule has 1 atom stereocenters. The summed E-state index contributed by atoms with van der Waals surface area (Å²) in [5.74, 6) is -0.160. The topological polar surface area (TPSA) is 21.3 Å². The number of halogens is 1. The van der Waals surface area contributed by atoms with E-state index < -0.39 is 0 Å². The summed E-state index contributed by atoms with van der Waals surface area (Å²) in [6.07, 6.45) is 2.95. The van der Waals surface area contributed by atoms with Gasteiger partial charge in [0.1, 0.15) is 5.82 Å². The van der Waals surface area contributed by atoms with Gasteiger partial charge in [-0.25, -0.2) is 4.39 Å². The van der Waals surface area contributed by atoms with Crippen molar-refractivity contribution in [2.75, 3.05) is 19.8 Å². The standard InChI is InChI=1S/C15H24FNO/c1-3-9-18-10-5-8-17-13(2)11-14-6-4-7-15(16)12-14/h4,6-7,12-13,17H,3,5,8-11H2,1-2H3. The van der Waals surface area contributed by atoms with Gasteiger partial charge in [0.2, 0.25) is 0 Å². The number of benzene rings is 1. The summed E-state index contributed by atoms with van der Waals surface area (Å²) in [5.41, 5.74) is 1.04. The molecule has 0 saturated heterocycles. The van der Waals surface area contributed by atoms with E-state index >= 15 is 0 Å². The average Bonchev–Trinajstić information content (AvgIpc) is 2.33. The second-order valence-electron chi connectivity index (χ2n) is 4.66. The number of nitrogens with one attached hydrogen (secondary N) is 1. The van der Waals surface area contributed by atoms with Crippen molar-refractivity contribution in [2.24, 2.45) is 0 Å². The molecule has 0 spiro atoms. The third kappa shape index (κ3) is 6.72. The Hall–Kier alpha value is -0.930. The van der Waals surface area contributed by atoms with Gasteiger partial charge in [0.25, 0.3) is 0 Å². The Bertz CT molecular complexity index is 330. The number of hydrogen-bond donors (Lipinski definition) is 1. The summed E-state index contributed by atoms with van der Waals surface area (Å²) in [7, 11) is 0. The lowest BCUT2D eigenvalue weighted by molar-refractivity contribution is 0.132. The summed E-state index contributed by atoms with van der Waals surface area (Å²) >= 11 is 0. The minimum atomic E-state index is -0.160. The molecule has 102 valence electrons. The van der Waals surface area contributed by atoms with E-state index in [2.05, 4.69) is 19.2 Å². The first-order valence-corrected chi connectivity index (χ1v) is 6.78. The highest BCUT2D eigenvalue weighted by atomic mass is 19.1. The maximum Gasteiger partial charge on any atom is 0.123 e. The fraction of sp³-hybridized carbons (Fsp3) is 0.600. The molecule has 0 aliphatic heterocycles. The highest BCUT2D eigenvalue weighted by Crippen LogP contribution is 2.06. The molecule has 1 aromatic rings. The van der Waals surface area contributed by atoms with Crippen LogP contribution < -0.4 is 5.32 Å². The number of ether oxygens (including phenoxy) is 1. The molecule has 0 aromatic heterocycles. The summed E-state index contributed by atoms with van der Waals surface area (Å²) in [4.78, 5) is 0. The first-order chi connectivity index (χ1) is 8.72. The molecule has 1 rings (SSSR count). The van der Waals surface area contributed by atoms with Crippen LogP contribution in [0.25, 0.3) is 0 Å². The van der Waals surface area contributed by atoms with Crippen LogP contribution in [0.1, 0.15) is 32.3 Å². The van der Waals surface area contributed by atoms with E-state index in [9.17, 15) is 4.39 Å². The van der Waals surface area contributed by atoms with E-state index in [0.717, 1.165) is 44.6 Å². The van der Waals surface area contributed by atoms with E-state index in [-0.39, 0.29) is 5.82 Å². The molecule has 18 heavy (non-hydrogen) atoms. The Balaban J connectivity index is 2.12. The Kier molecular flexibility index (Phi) is 7.62. The third-order valence-corrected chi connectivity index (χ3v) is 2.74. The van der Waals surface area contributed by atoms with Crippen molar-refractivity contribution in [3.05, 3.63) is 35.6 Å². The second kappa shape index (κ2) is 9.06. The van der Waals surface area contributed by atoms with E-state index in [1.807, 2.05) is 6.07 Å². The van der Waals surface area contributed by atoms with Gasteiger partial charge in [0, 0.05) is 19.3 Å². The highest BCUT2D eigenvalue weighted by molar-refractivity contribution is 5.17. The fourth-order valence-corrected chi connectivity index (χ4v) is 1.86. The van der Waals surface area contributed by atoms with Crippen LogP contribution in [0.15, 0.2) is 24.3 Å². The molecule has 0 amide bonds.